The molecule has 0 bridgehead atoms. The number of nitrogens with zero attached hydrogens (tertiary/aromatic N) is 4. The summed E-state index contributed by atoms with van der Waals surface area (Å²) in [6.07, 6.45) is 8.03. The molecule has 0 saturated heterocycles. The molecule has 0 fully saturated rings. The highest BCUT2D eigenvalue weighted by Crippen LogP contribution is 2.35. The third-order valence-corrected chi connectivity index (χ3v) is 5.16. The molecule has 3 rings (SSSR count). The quantitative estimate of drug-likeness (QED) is 0.266. The molecular weight excluding hydrogens is 386 g/mol. The maximum atomic E-state index is 12.9. The van der Waals surface area contributed by atoms with Gasteiger partial charge < -0.3 is 10.1 Å². The Morgan fingerprint density at radius 2 is 1.90 bits per heavy atom. The number of aromatic nitrogens is 3. The van der Waals surface area contributed by atoms with E-state index in [-0.39, 0.29) is 5.69 Å². The van der Waals surface area contributed by atoms with Gasteiger partial charge in [0, 0.05) is 17.8 Å². The predicted octanol–water partition coefficient (Wildman–Crippen LogP) is 4.38. The molecule has 9 heteroatoms. The topological polar surface area (TPSA) is 112 Å². The second-order valence-corrected chi connectivity index (χ2v) is 7.35. The largest absolute Gasteiger partial charge is 0.462 e. The lowest BCUT2D eigenvalue weighted by Gasteiger charge is -2.28. The standard InChI is InChI=1S/C21H27N5O4/c1-3-4-5-6-7-8-13-30-20(27)18-15(2)24-21-22-14-23-25(21)19(18)16-9-11-17(12-10-16)26(28)29/h9-12,14,19H,3-8,13H2,1-2H3,(H,22,23,24). The van der Waals surface area contributed by atoms with E-state index in [0.29, 0.717) is 29.4 Å². The van der Waals surface area contributed by atoms with Crippen LogP contribution in [-0.2, 0) is 9.53 Å². The van der Waals surface area contributed by atoms with Crippen LogP contribution >= 0.6 is 0 Å². The Balaban J connectivity index is 1.75. The van der Waals surface area contributed by atoms with Gasteiger partial charge in [0.15, 0.2) is 0 Å². The average Bonchev–Trinajstić information content (AvgIpc) is 3.20. The summed E-state index contributed by atoms with van der Waals surface area (Å²) in [6.45, 7) is 4.33. The number of fused-ring (bicyclic) bond motifs is 1. The van der Waals surface area contributed by atoms with Crippen LogP contribution in [0.3, 0.4) is 0 Å². The number of carbonyl (C=O) groups is 1. The minimum absolute atomic E-state index is 0.0144. The number of carbonyl (C=O) groups excluding carboxylic acids is 1. The number of ether oxygens (including phenoxy) is 1. The van der Waals surface area contributed by atoms with E-state index in [0.717, 1.165) is 19.3 Å². The number of non-ortho nitro benzene ring substituents is 1. The summed E-state index contributed by atoms with van der Waals surface area (Å²) in [6, 6.07) is 5.54. The fourth-order valence-electron chi connectivity index (χ4n) is 3.57. The second kappa shape index (κ2) is 10.00. The monoisotopic (exact) mass is 413 g/mol. The minimum atomic E-state index is -0.568. The van der Waals surface area contributed by atoms with Crippen LogP contribution in [0.2, 0.25) is 0 Å². The zero-order valence-electron chi connectivity index (χ0n) is 17.3. The van der Waals surface area contributed by atoms with Crippen molar-refractivity contribution in [2.75, 3.05) is 11.9 Å². The molecule has 30 heavy (non-hydrogen) atoms. The van der Waals surface area contributed by atoms with Gasteiger partial charge in [-0.05, 0) is 31.0 Å². The molecule has 1 atom stereocenters. The van der Waals surface area contributed by atoms with Crippen molar-refractivity contribution in [1.82, 2.24) is 14.8 Å². The molecule has 1 unspecified atom stereocenters. The fourth-order valence-corrected chi connectivity index (χ4v) is 3.57. The lowest BCUT2D eigenvalue weighted by atomic mass is 9.95. The first kappa shape index (κ1) is 21.5. The highest BCUT2D eigenvalue weighted by atomic mass is 16.6. The minimum Gasteiger partial charge on any atom is -0.462 e. The molecule has 2 aromatic rings. The van der Waals surface area contributed by atoms with Gasteiger partial charge in [-0.15, -0.1) is 0 Å². The molecule has 1 aliphatic rings. The first-order valence-electron chi connectivity index (χ1n) is 10.3. The Hall–Kier alpha value is -3.23. The van der Waals surface area contributed by atoms with Crippen LogP contribution in [0.25, 0.3) is 0 Å². The highest BCUT2D eigenvalue weighted by Gasteiger charge is 2.34. The molecular formula is C21H27N5O4. The highest BCUT2D eigenvalue weighted by molar-refractivity contribution is 5.92. The Bertz CT molecular complexity index is 920. The van der Waals surface area contributed by atoms with E-state index in [4.69, 9.17) is 4.74 Å². The molecule has 1 N–H and O–H groups in total. The van der Waals surface area contributed by atoms with E-state index >= 15 is 0 Å². The number of hydrogen-bond acceptors (Lipinski definition) is 7. The van der Waals surface area contributed by atoms with Crippen LogP contribution in [0.4, 0.5) is 11.6 Å². The molecule has 0 radical (unpaired) electrons. The molecule has 1 aromatic heterocycles. The number of benzene rings is 1. The smallest absolute Gasteiger partial charge is 0.338 e. The van der Waals surface area contributed by atoms with Crippen molar-refractivity contribution in [3.05, 3.63) is 57.5 Å². The molecule has 9 nitrogen and oxygen atoms in total. The summed E-state index contributed by atoms with van der Waals surface area (Å²) < 4.78 is 7.15. The average molecular weight is 413 g/mol. The summed E-state index contributed by atoms with van der Waals surface area (Å²) >= 11 is 0. The Labute approximate surface area is 175 Å². The number of unbranched alkanes of at least 4 members (excludes halogenated alkanes) is 5. The maximum absolute atomic E-state index is 12.9. The first-order chi connectivity index (χ1) is 14.5. The second-order valence-electron chi connectivity index (χ2n) is 7.35. The molecule has 0 spiro atoms. The number of allylic oxidation sites excluding steroid dienone is 1. The van der Waals surface area contributed by atoms with E-state index in [1.165, 1.54) is 37.7 Å². The van der Waals surface area contributed by atoms with E-state index < -0.39 is 16.9 Å². The van der Waals surface area contributed by atoms with Gasteiger partial charge in [0.05, 0.1) is 17.1 Å². The number of nitrogens with one attached hydrogen (secondary N) is 1. The summed E-state index contributed by atoms with van der Waals surface area (Å²) in [5, 5.41) is 18.3. The van der Waals surface area contributed by atoms with Crippen molar-refractivity contribution in [1.29, 1.82) is 0 Å². The zero-order valence-corrected chi connectivity index (χ0v) is 17.3. The SMILES string of the molecule is CCCCCCCCOC(=O)C1=C(C)Nc2ncnn2C1c1ccc([N+](=O)[O-])cc1. The van der Waals surface area contributed by atoms with E-state index in [1.807, 2.05) is 0 Å². The maximum Gasteiger partial charge on any atom is 0.338 e. The molecule has 0 saturated carbocycles. The molecule has 160 valence electrons. The van der Waals surface area contributed by atoms with Crippen LogP contribution in [-0.4, -0.2) is 32.3 Å². The van der Waals surface area contributed by atoms with Crippen LogP contribution in [0.1, 0.15) is 64.0 Å². The van der Waals surface area contributed by atoms with Gasteiger partial charge in [-0.2, -0.15) is 10.1 Å². The van der Waals surface area contributed by atoms with Crippen molar-refractivity contribution in [3.63, 3.8) is 0 Å². The van der Waals surface area contributed by atoms with Gasteiger partial charge in [0.1, 0.15) is 12.4 Å². The number of hydrogen-bond donors (Lipinski definition) is 1. The summed E-state index contributed by atoms with van der Waals surface area (Å²) in [4.78, 5) is 27.7. The predicted molar refractivity (Wildman–Crippen MR) is 112 cm³/mol. The van der Waals surface area contributed by atoms with Crippen molar-refractivity contribution in [2.24, 2.45) is 0 Å². The van der Waals surface area contributed by atoms with E-state index in [9.17, 15) is 14.9 Å². The normalized spacial score (nSPS) is 15.5. The third kappa shape index (κ3) is 4.84. The van der Waals surface area contributed by atoms with E-state index in [1.54, 1.807) is 23.7 Å². The van der Waals surface area contributed by atoms with Gasteiger partial charge in [0.25, 0.3) is 5.69 Å². The van der Waals surface area contributed by atoms with Crippen LogP contribution in [0.5, 0.6) is 0 Å². The van der Waals surface area contributed by atoms with Crippen LogP contribution in [0.15, 0.2) is 41.9 Å². The zero-order chi connectivity index (χ0) is 21.5. The van der Waals surface area contributed by atoms with Gasteiger partial charge in [-0.1, -0.05) is 39.0 Å². The number of esters is 1. The first-order valence-corrected chi connectivity index (χ1v) is 10.3. The van der Waals surface area contributed by atoms with Gasteiger partial charge in [0.2, 0.25) is 5.95 Å². The summed E-state index contributed by atoms with van der Waals surface area (Å²) in [7, 11) is 0. The Morgan fingerprint density at radius 1 is 1.20 bits per heavy atom. The number of nitro benzene ring substituents is 1. The Kier molecular flexibility index (Phi) is 7.16. The van der Waals surface area contributed by atoms with Gasteiger partial charge in [-0.25, -0.2) is 9.48 Å². The lowest BCUT2D eigenvalue weighted by molar-refractivity contribution is -0.384. The van der Waals surface area contributed by atoms with Crippen LogP contribution in [0, 0.1) is 10.1 Å². The summed E-state index contributed by atoms with van der Waals surface area (Å²) in [5.74, 6) is 0.0846. The summed E-state index contributed by atoms with van der Waals surface area (Å²) in [5.41, 5.74) is 1.73. The van der Waals surface area contributed by atoms with Crippen molar-refractivity contribution >= 4 is 17.6 Å². The molecule has 0 aliphatic carbocycles. The van der Waals surface area contributed by atoms with Crippen molar-refractivity contribution in [2.45, 2.75) is 58.4 Å². The Morgan fingerprint density at radius 3 is 2.60 bits per heavy atom. The number of rotatable bonds is 10. The van der Waals surface area contributed by atoms with Crippen molar-refractivity contribution < 1.29 is 14.5 Å². The number of nitro groups is 1. The third-order valence-electron chi connectivity index (χ3n) is 5.16. The van der Waals surface area contributed by atoms with Gasteiger partial charge in [-0.3, -0.25) is 10.1 Å². The van der Waals surface area contributed by atoms with Crippen LogP contribution < -0.4 is 5.32 Å². The fraction of sp³-hybridized carbons (Fsp3) is 0.476. The van der Waals surface area contributed by atoms with E-state index in [2.05, 4.69) is 22.3 Å². The molecule has 1 aromatic carbocycles. The van der Waals surface area contributed by atoms with Crippen molar-refractivity contribution in [3.8, 4) is 0 Å². The lowest BCUT2D eigenvalue weighted by Crippen LogP contribution is -2.29. The number of anilines is 1. The molecule has 1 aliphatic heterocycles. The molecule has 0 amide bonds. The van der Waals surface area contributed by atoms with Gasteiger partial charge >= 0.3 is 5.97 Å². The molecule has 2 heterocycles.